The summed E-state index contributed by atoms with van der Waals surface area (Å²) in [5, 5.41) is 9.30. The Labute approximate surface area is 120 Å². The fraction of sp³-hybridized carbons (Fsp3) is 0.400. The van der Waals surface area contributed by atoms with Crippen molar-refractivity contribution in [3.63, 3.8) is 0 Å². The lowest BCUT2D eigenvalue weighted by atomic mass is 10.0. The van der Waals surface area contributed by atoms with Gasteiger partial charge in [0.15, 0.2) is 15.6 Å². The van der Waals surface area contributed by atoms with Crippen LogP contribution >= 0.6 is 0 Å². The Hall–Kier alpha value is -1.46. The van der Waals surface area contributed by atoms with E-state index in [0.717, 1.165) is 6.26 Å². The van der Waals surface area contributed by atoms with Gasteiger partial charge in [-0.2, -0.15) is 0 Å². The van der Waals surface area contributed by atoms with Crippen molar-refractivity contribution in [2.75, 3.05) is 6.26 Å². The molecule has 0 radical (unpaired) electrons. The molecule has 110 valence electrons. The first-order chi connectivity index (χ1) is 9.21. The highest BCUT2D eigenvalue weighted by Crippen LogP contribution is 2.13. The van der Waals surface area contributed by atoms with Gasteiger partial charge in [0, 0.05) is 18.2 Å². The third-order valence-electron chi connectivity index (χ3n) is 3.17. The van der Waals surface area contributed by atoms with E-state index in [9.17, 15) is 18.3 Å². The van der Waals surface area contributed by atoms with E-state index in [1.165, 1.54) is 6.08 Å². The molecule has 0 saturated heterocycles. The Kier molecular flexibility index (Phi) is 5.65. The van der Waals surface area contributed by atoms with Gasteiger partial charge in [-0.05, 0) is 19.4 Å². The zero-order valence-corrected chi connectivity index (χ0v) is 12.7. The molecule has 0 spiro atoms. The predicted octanol–water partition coefficient (Wildman–Crippen LogP) is 2.00. The van der Waals surface area contributed by atoms with Crippen molar-refractivity contribution in [3.05, 3.63) is 47.5 Å². The molecule has 1 N–H and O–H groups in total. The Morgan fingerprint density at radius 1 is 1.30 bits per heavy atom. The standard InChI is InChI=1S/C15H20O4S/c1-11(9-12(2)20(3,18)19)14(16)10-15(17)13-7-5-4-6-8-13/h4-9,12,14,16H,10H2,1-3H3/b11-9-/t12-,14+/m1/s1. The molecule has 0 unspecified atom stereocenters. The highest BCUT2D eigenvalue weighted by molar-refractivity contribution is 7.91. The molecule has 5 heteroatoms. The molecule has 0 fully saturated rings. The number of rotatable bonds is 6. The summed E-state index contributed by atoms with van der Waals surface area (Å²) in [5.74, 6) is -0.169. The highest BCUT2D eigenvalue weighted by atomic mass is 32.2. The summed E-state index contributed by atoms with van der Waals surface area (Å²) in [4.78, 5) is 11.9. The number of ketones is 1. The van der Waals surface area contributed by atoms with Gasteiger partial charge in [-0.25, -0.2) is 8.42 Å². The van der Waals surface area contributed by atoms with Crippen LogP contribution < -0.4 is 0 Å². The van der Waals surface area contributed by atoms with Crippen LogP contribution in [0.15, 0.2) is 42.0 Å². The van der Waals surface area contributed by atoms with Crippen LogP contribution in [0.2, 0.25) is 0 Å². The first-order valence-corrected chi connectivity index (χ1v) is 8.30. The Bertz CT molecular complexity index is 588. The molecule has 0 heterocycles. The maximum Gasteiger partial charge on any atom is 0.165 e. The second kappa shape index (κ2) is 6.81. The SMILES string of the molecule is C/C(=C/[C@@H](C)S(C)(=O)=O)[C@@H](O)CC(=O)c1ccccc1. The van der Waals surface area contributed by atoms with E-state index in [4.69, 9.17) is 0 Å². The van der Waals surface area contributed by atoms with Crippen LogP contribution in [-0.4, -0.2) is 36.9 Å². The third kappa shape index (κ3) is 4.90. The van der Waals surface area contributed by atoms with Crippen molar-refractivity contribution in [2.24, 2.45) is 0 Å². The molecule has 1 rings (SSSR count). The van der Waals surface area contributed by atoms with Crippen molar-refractivity contribution in [1.29, 1.82) is 0 Å². The minimum Gasteiger partial charge on any atom is -0.388 e. The van der Waals surface area contributed by atoms with E-state index < -0.39 is 21.2 Å². The average Bonchev–Trinajstić information content (AvgIpc) is 2.38. The van der Waals surface area contributed by atoms with Gasteiger partial charge in [0.05, 0.1) is 11.4 Å². The summed E-state index contributed by atoms with van der Waals surface area (Å²) < 4.78 is 22.7. The molecule has 1 aromatic carbocycles. The second-order valence-corrected chi connectivity index (χ2v) is 7.36. The zero-order chi connectivity index (χ0) is 15.3. The molecule has 0 aromatic heterocycles. The molecule has 0 bridgehead atoms. The van der Waals surface area contributed by atoms with E-state index in [1.54, 1.807) is 38.1 Å². The monoisotopic (exact) mass is 296 g/mol. The largest absolute Gasteiger partial charge is 0.388 e. The third-order valence-corrected chi connectivity index (χ3v) is 4.66. The van der Waals surface area contributed by atoms with Gasteiger partial charge >= 0.3 is 0 Å². The van der Waals surface area contributed by atoms with Crippen LogP contribution in [0.5, 0.6) is 0 Å². The van der Waals surface area contributed by atoms with Gasteiger partial charge in [0.25, 0.3) is 0 Å². The molecule has 2 atom stereocenters. The second-order valence-electron chi connectivity index (χ2n) is 4.95. The Balaban J connectivity index is 2.74. The first kappa shape index (κ1) is 16.6. The van der Waals surface area contributed by atoms with Crippen LogP contribution in [-0.2, 0) is 9.84 Å². The topological polar surface area (TPSA) is 71.4 Å². The van der Waals surface area contributed by atoms with Gasteiger partial charge in [-0.1, -0.05) is 36.4 Å². The molecule has 1 aromatic rings. The lowest BCUT2D eigenvalue weighted by Crippen LogP contribution is -2.19. The van der Waals surface area contributed by atoms with Crippen LogP contribution in [0.4, 0.5) is 0 Å². The Morgan fingerprint density at radius 3 is 2.35 bits per heavy atom. The molecule has 0 aliphatic carbocycles. The van der Waals surface area contributed by atoms with Crippen LogP contribution in [0.25, 0.3) is 0 Å². The van der Waals surface area contributed by atoms with Crippen LogP contribution in [0.3, 0.4) is 0 Å². The summed E-state index contributed by atoms with van der Waals surface area (Å²) in [7, 11) is -3.18. The lowest BCUT2D eigenvalue weighted by molar-refractivity contribution is 0.0914. The van der Waals surface area contributed by atoms with Gasteiger partial charge in [-0.3, -0.25) is 4.79 Å². The maximum absolute atomic E-state index is 11.9. The van der Waals surface area contributed by atoms with E-state index in [0.29, 0.717) is 11.1 Å². The minimum atomic E-state index is -3.18. The first-order valence-electron chi connectivity index (χ1n) is 6.35. The number of benzene rings is 1. The highest BCUT2D eigenvalue weighted by Gasteiger charge is 2.17. The number of aliphatic hydroxyl groups is 1. The van der Waals surface area contributed by atoms with E-state index in [1.807, 2.05) is 6.07 Å². The number of hydrogen-bond acceptors (Lipinski definition) is 4. The van der Waals surface area contributed by atoms with E-state index in [2.05, 4.69) is 0 Å². The molecular formula is C15H20O4S. The molecule has 0 aliphatic heterocycles. The fourth-order valence-corrected chi connectivity index (χ4v) is 2.15. The minimum absolute atomic E-state index is 0.0527. The number of aliphatic hydroxyl groups excluding tert-OH is 1. The smallest absolute Gasteiger partial charge is 0.165 e. The average molecular weight is 296 g/mol. The number of carbonyl (C=O) groups excluding carboxylic acids is 1. The van der Waals surface area contributed by atoms with Gasteiger partial charge in [0.2, 0.25) is 0 Å². The van der Waals surface area contributed by atoms with Gasteiger partial charge < -0.3 is 5.11 Å². The summed E-state index contributed by atoms with van der Waals surface area (Å²) in [6.45, 7) is 3.18. The quantitative estimate of drug-likeness (QED) is 0.644. The van der Waals surface area contributed by atoms with Crippen LogP contribution in [0, 0.1) is 0 Å². The van der Waals surface area contributed by atoms with Crippen molar-refractivity contribution in [3.8, 4) is 0 Å². The number of carbonyl (C=O) groups is 1. The van der Waals surface area contributed by atoms with Crippen molar-refractivity contribution < 1.29 is 18.3 Å². The maximum atomic E-state index is 11.9. The molecular weight excluding hydrogens is 276 g/mol. The lowest BCUT2D eigenvalue weighted by Gasteiger charge is -2.13. The predicted molar refractivity (Wildman–Crippen MR) is 79.5 cm³/mol. The molecule has 0 saturated carbocycles. The summed E-state index contributed by atoms with van der Waals surface area (Å²) in [5.41, 5.74) is 1.03. The normalized spacial score (nSPS) is 15.7. The fourth-order valence-electron chi connectivity index (χ4n) is 1.68. The zero-order valence-electron chi connectivity index (χ0n) is 11.9. The number of sulfone groups is 1. The molecule has 4 nitrogen and oxygen atoms in total. The number of hydrogen-bond donors (Lipinski definition) is 1. The van der Waals surface area contributed by atoms with Gasteiger partial charge in [-0.15, -0.1) is 0 Å². The Morgan fingerprint density at radius 2 is 1.85 bits per heavy atom. The van der Waals surface area contributed by atoms with Crippen molar-refractivity contribution in [1.82, 2.24) is 0 Å². The van der Waals surface area contributed by atoms with E-state index in [-0.39, 0.29) is 12.2 Å². The van der Waals surface area contributed by atoms with Crippen molar-refractivity contribution >= 4 is 15.6 Å². The molecule has 0 aliphatic rings. The summed E-state index contributed by atoms with van der Waals surface area (Å²) in [6.07, 6.45) is 1.61. The summed E-state index contributed by atoms with van der Waals surface area (Å²) >= 11 is 0. The number of Topliss-reactive ketones (excluding diaryl/α,β-unsaturated/α-hetero) is 1. The molecule has 0 amide bonds. The van der Waals surface area contributed by atoms with E-state index >= 15 is 0 Å². The van der Waals surface area contributed by atoms with Gasteiger partial charge in [0.1, 0.15) is 0 Å². The summed E-state index contributed by atoms with van der Waals surface area (Å²) in [6, 6.07) is 8.70. The van der Waals surface area contributed by atoms with Crippen molar-refractivity contribution in [2.45, 2.75) is 31.6 Å². The molecule has 20 heavy (non-hydrogen) atoms. The van der Waals surface area contributed by atoms with Crippen LogP contribution in [0.1, 0.15) is 30.6 Å².